The molecule has 0 aromatic carbocycles. The van der Waals surface area contributed by atoms with E-state index in [4.69, 9.17) is 14.9 Å². The number of nitrogens with one attached hydrogen (secondary N) is 1. The fourth-order valence-corrected chi connectivity index (χ4v) is 3.13. The van der Waals surface area contributed by atoms with Crippen LogP contribution < -0.4 is 0 Å². The second kappa shape index (κ2) is 5.80. The van der Waals surface area contributed by atoms with Crippen molar-refractivity contribution in [3.8, 4) is 0 Å². The number of rotatable bonds is 3. The molecule has 4 heteroatoms. The third-order valence-corrected chi connectivity index (χ3v) is 4.59. The van der Waals surface area contributed by atoms with Gasteiger partial charge in [-0.1, -0.05) is 13.8 Å². The fraction of sp³-hybridized carbons (Fsp3) is 0.933. The Morgan fingerprint density at radius 3 is 2.26 bits per heavy atom. The molecule has 1 saturated heterocycles. The van der Waals surface area contributed by atoms with Crippen LogP contribution in [0.3, 0.4) is 0 Å². The molecule has 0 spiro atoms. The molecule has 0 amide bonds. The molecule has 0 atom stereocenters. The highest BCUT2D eigenvalue weighted by Gasteiger charge is 2.44. The Hall–Kier alpha value is -0.610. The SMILES string of the molecule is CCOC1(C(=N)N2CCOCC2)CCC(C)(C)CC1. The Morgan fingerprint density at radius 1 is 1.16 bits per heavy atom. The summed E-state index contributed by atoms with van der Waals surface area (Å²) in [6.07, 6.45) is 4.23. The van der Waals surface area contributed by atoms with Crippen LogP contribution in [0.15, 0.2) is 0 Å². The molecule has 1 heterocycles. The minimum absolute atomic E-state index is 0.346. The normalized spacial score (nSPS) is 26.2. The maximum absolute atomic E-state index is 8.60. The standard InChI is InChI=1S/C15H28N2O2/c1-4-19-15(7-5-14(2,3)6-8-15)13(16)17-9-11-18-12-10-17/h16H,4-12H2,1-3H3. The summed E-state index contributed by atoms with van der Waals surface area (Å²) in [7, 11) is 0. The van der Waals surface area contributed by atoms with E-state index >= 15 is 0 Å². The van der Waals surface area contributed by atoms with Gasteiger partial charge in [-0.05, 0) is 38.0 Å². The molecule has 0 unspecified atom stereocenters. The summed E-state index contributed by atoms with van der Waals surface area (Å²) in [5, 5.41) is 8.60. The average Bonchev–Trinajstić information content (AvgIpc) is 2.42. The highest BCUT2D eigenvalue weighted by Crippen LogP contribution is 2.43. The summed E-state index contributed by atoms with van der Waals surface area (Å²) in [4.78, 5) is 2.15. The Morgan fingerprint density at radius 2 is 1.74 bits per heavy atom. The largest absolute Gasteiger partial charge is 0.378 e. The topological polar surface area (TPSA) is 45.5 Å². The van der Waals surface area contributed by atoms with E-state index < -0.39 is 0 Å². The van der Waals surface area contributed by atoms with Gasteiger partial charge in [0.05, 0.1) is 13.2 Å². The van der Waals surface area contributed by atoms with Crippen LogP contribution in [-0.2, 0) is 9.47 Å². The molecule has 1 aliphatic heterocycles. The third kappa shape index (κ3) is 3.29. The van der Waals surface area contributed by atoms with E-state index in [0.717, 1.165) is 52.0 Å². The average molecular weight is 268 g/mol. The van der Waals surface area contributed by atoms with Crippen molar-refractivity contribution in [1.82, 2.24) is 4.90 Å². The van der Waals surface area contributed by atoms with Crippen LogP contribution in [0.5, 0.6) is 0 Å². The van der Waals surface area contributed by atoms with Gasteiger partial charge in [0.25, 0.3) is 0 Å². The van der Waals surface area contributed by atoms with Gasteiger partial charge in [-0.15, -0.1) is 0 Å². The van der Waals surface area contributed by atoms with E-state index in [1.54, 1.807) is 0 Å². The van der Waals surface area contributed by atoms with Crippen molar-refractivity contribution in [2.24, 2.45) is 5.41 Å². The zero-order valence-corrected chi connectivity index (χ0v) is 12.6. The molecule has 2 aliphatic rings. The summed E-state index contributed by atoms with van der Waals surface area (Å²) in [5.41, 5.74) is 0.0491. The van der Waals surface area contributed by atoms with E-state index in [1.165, 1.54) is 0 Å². The van der Waals surface area contributed by atoms with E-state index in [1.807, 2.05) is 6.92 Å². The molecule has 0 bridgehead atoms. The molecule has 1 aliphatic carbocycles. The van der Waals surface area contributed by atoms with Crippen LogP contribution in [0, 0.1) is 10.8 Å². The highest BCUT2D eigenvalue weighted by molar-refractivity contribution is 5.88. The number of hydrogen-bond acceptors (Lipinski definition) is 3. The van der Waals surface area contributed by atoms with Crippen LogP contribution in [0.1, 0.15) is 46.5 Å². The first-order valence-corrected chi connectivity index (χ1v) is 7.55. The minimum atomic E-state index is -0.346. The van der Waals surface area contributed by atoms with Gasteiger partial charge in [0.1, 0.15) is 11.4 Å². The number of ether oxygens (including phenoxy) is 2. The lowest BCUT2D eigenvalue weighted by Crippen LogP contribution is -2.55. The first kappa shape index (κ1) is 14.8. The lowest BCUT2D eigenvalue weighted by atomic mass is 9.70. The van der Waals surface area contributed by atoms with Crippen molar-refractivity contribution in [3.05, 3.63) is 0 Å². The molecule has 1 saturated carbocycles. The van der Waals surface area contributed by atoms with Crippen LogP contribution >= 0.6 is 0 Å². The van der Waals surface area contributed by atoms with Gasteiger partial charge in [0.15, 0.2) is 0 Å². The lowest BCUT2D eigenvalue weighted by molar-refractivity contribution is -0.0459. The Kier molecular flexibility index (Phi) is 4.51. The molecule has 0 radical (unpaired) electrons. The van der Waals surface area contributed by atoms with E-state index in [0.29, 0.717) is 17.9 Å². The van der Waals surface area contributed by atoms with Gasteiger partial charge < -0.3 is 14.4 Å². The molecule has 4 nitrogen and oxygen atoms in total. The van der Waals surface area contributed by atoms with E-state index in [-0.39, 0.29) is 5.60 Å². The van der Waals surface area contributed by atoms with Crippen LogP contribution in [0.2, 0.25) is 0 Å². The Bertz CT molecular complexity index is 312. The van der Waals surface area contributed by atoms with Crippen molar-refractivity contribution in [3.63, 3.8) is 0 Å². The van der Waals surface area contributed by atoms with Crippen LogP contribution in [0.25, 0.3) is 0 Å². The quantitative estimate of drug-likeness (QED) is 0.632. The van der Waals surface area contributed by atoms with Gasteiger partial charge in [-0.25, -0.2) is 0 Å². The van der Waals surface area contributed by atoms with Crippen molar-refractivity contribution in [1.29, 1.82) is 5.41 Å². The lowest BCUT2D eigenvalue weighted by Gasteiger charge is -2.46. The fourth-order valence-electron chi connectivity index (χ4n) is 3.13. The summed E-state index contributed by atoms with van der Waals surface area (Å²) in [6, 6.07) is 0. The number of nitrogens with zero attached hydrogens (tertiary/aromatic N) is 1. The molecular formula is C15H28N2O2. The van der Waals surface area contributed by atoms with Gasteiger partial charge in [-0.2, -0.15) is 0 Å². The predicted octanol–water partition coefficient (Wildman–Crippen LogP) is 2.67. The zero-order valence-electron chi connectivity index (χ0n) is 12.6. The van der Waals surface area contributed by atoms with Gasteiger partial charge in [-0.3, -0.25) is 5.41 Å². The van der Waals surface area contributed by atoms with Gasteiger partial charge in [0.2, 0.25) is 0 Å². The van der Waals surface area contributed by atoms with Crippen LogP contribution in [-0.4, -0.2) is 49.2 Å². The second-order valence-corrected chi connectivity index (χ2v) is 6.54. The molecule has 0 aromatic heterocycles. The monoisotopic (exact) mass is 268 g/mol. The maximum atomic E-state index is 8.60. The van der Waals surface area contributed by atoms with E-state index in [2.05, 4.69) is 18.7 Å². The first-order valence-electron chi connectivity index (χ1n) is 7.55. The Labute approximate surface area is 117 Å². The van der Waals surface area contributed by atoms with Gasteiger partial charge in [0, 0.05) is 19.7 Å². The molecule has 0 aromatic rings. The third-order valence-electron chi connectivity index (χ3n) is 4.59. The van der Waals surface area contributed by atoms with Gasteiger partial charge >= 0.3 is 0 Å². The van der Waals surface area contributed by atoms with Crippen molar-refractivity contribution in [2.75, 3.05) is 32.9 Å². The summed E-state index contributed by atoms with van der Waals surface area (Å²) in [6.45, 7) is 10.5. The van der Waals surface area contributed by atoms with Crippen LogP contribution in [0.4, 0.5) is 0 Å². The number of amidine groups is 1. The zero-order chi connectivity index (χ0) is 13.9. The second-order valence-electron chi connectivity index (χ2n) is 6.54. The molecule has 110 valence electrons. The molecule has 2 fully saturated rings. The summed E-state index contributed by atoms with van der Waals surface area (Å²) >= 11 is 0. The first-order chi connectivity index (χ1) is 8.99. The van der Waals surface area contributed by atoms with Crippen molar-refractivity contribution < 1.29 is 9.47 Å². The minimum Gasteiger partial charge on any atom is -0.378 e. The summed E-state index contributed by atoms with van der Waals surface area (Å²) < 4.78 is 11.5. The predicted molar refractivity (Wildman–Crippen MR) is 76.7 cm³/mol. The smallest absolute Gasteiger partial charge is 0.129 e. The Balaban J connectivity index is 2.08. The molecule has 1 N–H and O–H groups in total. The highest BCUT2D eigenvalue weighted by atomic mass is 16.5. The maximum Gasteiger partial charge on any atom is 0.129 e. The van der Waals surface area contributed by atoms with Crippen molar-refractivity contribution in [2.45, 2.75) is 52.1 Å². The molecule has 2 rings (SSSR count). The molecular weight excluding hydrogens is 240 g/mol. The molecule has 19 heavy (non-hydrogen) atoms. The van der Waals surface area contributed by atoms with Crippen molar-refractivity contribution >= 4 is 5.84 Å². The number of morpholine rings is 1. The summed E-state index contributed by atoms with van der Waals surface area (Å²) in [5.74, 6) is 0.688. The van der Waals surface area contributed by atoms with E-state index in [9.17, 15) is 0 Å². The number of hydrogen-bond donors (Lipinski definition) is 1.